The molecule has 24 heavy (non-hydrogen) atoms. The first-order valence-electron chi connectivity index (χ1n) is 7.68. The molecule has 0 aliphatic heterocycles. The summed E-state index contributed by atoms with van der Waals surface area (Å²) in [5.74, 6) is -0.842. The summed E-state index contributed by atoms with van der Waals surface area (Å²) in [5, 5.41) is 3.71. The minimum absolute atomic E-state index is 0.347. The molecule has 2 amide bonds. The first-order valence-corrected chi connectivity index (χ1v) is 9.67. The number of nitrogens with two attached hydrogens (primary N) is 1. The highest BCUT2D eigenvalue weighted by Crippen LogP contribution is 2.37. The summed E-state index contributed by atoms with van der Waals surface area (Å²) in [6.45, 7) is 0. The van der Waals surface area contributed by atoms with E-state index in [0.717, 1.165) is 47.0 Å². The van der Waals surface area contributed by atoms with E-state index in [4.69, 9.17) is 17.3 Å². The molecular formula is C17H16BrClN2O2S. The Morgan fingerprint density at radius 3 is 2.71 bits per heavy atom. The Morgan fingerprint density at radius 1 is 1.21 bits per heavy atom. The lowest BCUT2D eigenvalue weighted by atomic mass is 10.1. The van der Waals surface area contributed by atoms with Crippen molar-refractivity contribution < 1.29 is 9.59 Å². The summed E-state index contributed by atoms with van der Waals surface area (Å²) in [5.41, 5.74) is 7.39. The van der Waals surface area contributed by atoms with Crippen molar-refractivity contribution in [2.45, 2.75) is 32.1 Å². The number of nitrogens with one attached hydrogen (secondary N) is 1. The van der Waals surface area contributed by atoms with Crippen molar-refractivity contribution >= 4 is 55.7 Å². The zero-order chi connectivity index (χ0) is 17.3. The second-order valence-electron chi connectivity index (χ2n) is 5.71. The maximum Gasteiger partial charge on any atom is 0.257 e. The van der Waals surface area contributed by atoms with Gasteiger partial charge in [0.05, 0.1) is 16.1 Å². The number of carbonyl (C=O) groups excluding carboxylic acids is 2. The fraction of sp³-hybridized carbons (Fsp3) is 0.294. The summed E-state index contributed by atoms with van der Waals surface area (Å²) in [6.07, 6.45) is 5.03. The highest BCUT2D eigenvalue weighted by Gasteiger charge is 2.25. The van der Waals surface area contributed by atoms with Crippen LogP contribution < -0.4 is 11.1 Å². The lowest BCUT2D eigenvalue weighted by Gasteiger charge is -2.08. The van der Waals surface area contributed by atoms with Crippen LogP contribution in [0.3, 0.4) is 0 Å². The second kappa shape index (κ2) is 7.25. The van der Waals surface area contributed by atoms with Crippen molar-refractivity contribution in [2.75, 3.05) is 5.32 Å². The molecule has 1 aromatic carbocycles. The third-order valence-corrected chi connectivity index (χ3v) is 6.10. The van der Waals surface area contributed by atoms with Crippen LogP contribution in [-0.2, 0) is 12.8 Å². The predicted molar refractivity (Wildman–Crippen MR) is 101 cm³/mol. The van der Waals surface area contributed by atoms with Gasteiger partial charge >= 0.3 is 0 Å². The number of amides is 2. The maximum atomic E-state index is 12.6. The van der Waals surface area contributed by atoms with Crippen molar-refractivity contribution in [3.63, 3.8) is 0 Å². The standard InChI is InChI=1S/C17H16BrClN2O2S/c18-9-6-7-12(19)11(8-9)16(23)21-17-14(15(20)22)10-4-2-1-3-5-13(10)24-17/h6-8H,1-5H2,(H2,20,22)(H,21,23). The molecule has 0 saturated carbocycles. The van der Waals surface area contributed by atoms with Gasteiger partial charge in [0.25, 0.3) is 11.8 Å². The van der Waals surface area contributed by atoms with Crippen LogP contribution in [0.4, 0.5) is 5.00 Å². The molecule has 1 heterocycles. The van der Waals surface area contributed by atoms with Gasteiger partial charge in [-0.15, -0.1) is 11.3 Å². The Kier molecular flexibility index (Phi) is 5.27. The second-order valence-corrected chi connectivity index (χ2v) is 8.14. The van der Waals surface area contributed by atoms with Gasteiger partial charge in [-0.3, -0.25) is 9.59 Å². The highest BCUT2D eigenvalue weighted by molar-refractivity contribution is 9.10. The van der Waals surface area contributed by atoms with E-state index in [9.17, 15) is 9.59 Å². The molecule has 2 aromatic rings. The topological polar surface area (TPSA) is 72.2 Å². The van der Waals surface area contributed by atoms with Crippen LogP contribution in [0.15, 0.2) is 22.7 Å². The molecule has 0 radical (unpaired) electrons. The van der Waals surface area contributed by atoms with Gasteiger partial charge in [-0.1, -0.05) is 34.0 Å². The van der Waals surface area contributed by atoms with Gasteiger partial charge in [0, 0.05) is 9.35 Å². The summed E-state index contributed by atoms with van der Waals surface area (Å²) < 4.78 is 0.758. The molecule has 0 saturated heterocycles. The van der Waals surface area contributed by atoms with E-state index in [2.05, 4.69) is 21.2 Å². The van der Waals surface area contributed by atoms with E-state index < -0.39 is 5.91 Å². The fourth-order valence-corrected chi connectivity index (χ4v) is 4.79. The highest BCUT2D eigenvalue weighted by atomic mass is 79.9. The summed E-state index contributed by atoms with van der Waals surface area (Å²) in [7, 11) is 0. The van der Waals surface area contributed by atoms with Crippen molar-refractivity contribution in [3.05, 3.63) is 49.3 Å². The molecule has 1 aliphatic rings. The van der Waals surface area contributed by atoms with Crippen molar-refractivity contribution in [1.82, 2.24) is 0 Å². The van der Waals surface area contributed by atoms with Crippen LogP contribution in [0.25, 0.3) is 0 Å². The molecule has 1 aromatic heterocycles. The number of carbonyl (C=O) groups is 2. The van der Waals surface area contributed by atoms with Gasteiger partial charge < -0.3 is 11.1 Å². The molecule has 3 rings (SSSR count). The number of anilines is 1. The smallest absolute Gasteiger partial charge is 0.257 e. The van der Waals surface area contributed by atoms with Gasteiger partial charge in [0.15, 0.2) is 0 Å². The molecule has 0 fully saturated rings. The van der Waals surface area contributed by atoms with E-state index in [1.807, 2.05) is 0 Å². The first-order chi connectivity index (χ1) is 11.5. The first kappa shape index (κ1) is 17.5. The summed E-state index contributed by atoms with van der Waals surface area (Å²) in [4.78, 5) is 25.7. The number of rotatable bonds is 3. The Labute approximate surface area is 157 Å². The lowest BCUT2D eigenvalue weighted by Crippen LogP contribution is -2.18. The van der Waals surface area contributed by atoms with E-state index in [1.165, 1.54) is 11.3 Å². The molecule has 4 nitrogen and oxygen atoms in total. The Morgan fingerprint density at radius 2 is 1.96 bits per heavy atom. The molecule has 126 valence electrons. The van der Waals surface area contributed by atoms with Crippen LogP contribution in [0.5, 0.6) is 0 Å². The van der Waals surface area contributed by atoms with Crippen LogP contribution >= 0.6 is 38.9 Å². The average molecular weight is 428 g/mol. The number of benzene rings is 1. The summed E-state index contributed by atoms with van der Waals surface area (Å²) >= 11 is 10.9. The number of aryl methyl sites for hydroxylation is 1. The Balaban J connectivity index is 1.96. The minimum atomic E-state index is -0.495. The molecule has 3 N–H and O–H groups in total. The number of hydrogen-bond acceptors (Lipinski definition) is 3. The zero-order valence-electron chi connectivity index (χ0n) is 12.8. The Hall–Kier alpha value is -1.37. The van der Waals surface area contributed by atoms with Crippen LogP contribution in [0.2, 0.25) is 5.02 Å². The predicted octanol–water partition coefficient (Wildman–Crippen LogP) is 4.78. The van der Waals surface area contributed by atoms with Crippen molar-refractivity contribution in [1.29, 1.82) is 0 Å². The molecule has 7 heteroatoms. The van der Waals surface area contributed by atoms with Crippen molar-refractivity contribution in [2.24, 2.45) is 5.73 Å². The largest absolute Gasteiger partial charge is 0.365 e. The lowest BCUT2D eigenvalue weighted by molar-refractivity contribution is 0.100. The van der Waals surface area contributed by atoms with E-state index in [-0.39, 0.29) is 5.91 Å². The van der Waals surface area contributed by atoms with Crippen LogP contribution in [-0.4, -0.2) is 11.8 Å². The number of thiophene rings is 1. The number of hydrogen-bond donors (Lipinski definition) is 2. The van der Waals surface area contributed by atoms with Gasteiger partial charge in [-0.25, -0.2) is 0 Å². The molecule has 0 spiro atoms. The fourth-order valence-electron chi connectivity index (χ4n) is 2.93. The maximum absolute atomic E-state index is 12.6. The van der Waals surface area contributed by atoms with Gasteiger partial charge in [-0.2, -0.15) is 0 Å². The summed E-state index contributed by atoms with van der Waals surface area (Å²) in [6, 6.07) is 5.07. The quantitative estimate of drug-likeness (QED) is 0.692. The molecular weight excluding hydrogens is 412 g/mol. The van der Waals surface area contributed by atoms with Gasteiger partial charge in [-0.05, 0) is 49.4 Å². The van der Waals surface area contributed by atoms with Crippen LogP contribution in [0.1, 0.15) is 50.4 Å². The third-order valence-electron chi connectivity index (χ3n) is 4.07. The monoisotopic (exact) mass is 426 g/mol. The molecule has 0 atom stereocenters. The third kappa shape index (κ3) is 3.50. The zero-order valence-corrected chi connectivity index (χ0v) is 16.0. The average Bonchev–Trinajstić information content (AvgIpc) is 2.71. The van der Waals surface area contributed by atoms with Gasteiger partial charge in [0.2, 0.25) is 0 Å². The molecule has 1 aliphatic carbocycles. The van der Waals surface area contributed by atoms with Crippen molar-refractivity contribution in [3.8, 4) is 0 Å². The van der Waals surface area contributed by atoms with E-state index in [0.29, 0.717) is 21.2 Å². The SMILES string of the molecule is NC(=O)c1c(NC(=O)c2cc(Br)ccc2Cl)sc2c1CCCCC2. The number of fused-ring (bicyclic) bond motifs is 1. The molecule has 0 unspecified atom stereocenters. The number of primary amides is 1. The Bertz CT molecular complexity index is 819. The molecule has 0 bridgehead atoms. The van der Waals surface area contributed by atoms with Crippen LogP contribution in [0, 0.1) is 0 Å². The van der Waals surface area contributed by atoms with Gasteiger partial charge in [0.1, 0.15) is 5.00 Å². The minimum Gasteiger partial charge on any atom is -0.365 e. The number of halogens is 2. The van der Waals surface area contributed by atoms with E-state index >= 15 is 0 Å². The van der Waals surface area contributed by atoms with E-state index in [1.54, 1.807) is 18.2 Å². The normalized spacial score (nSPS) is 13.9.